The van der Waals surface area contributed by atoms with Gasteiger partial charge in [-0.05, 0) is 37.0 Å². The molecule has 132 valence electrons. The van der Waals surface area contributed by atoms with E-state index in [1.54, 1.807) is 26.0 Å². The van der Waals surface area contributed by atoms with Crippen LogP contribution in [0.5, 0.6) is 0 Å². The maximum atomic E-state index is 13.6. The highest BCUT2D eigenvalue weighted by Crippen LogP contribution is 2.42. The molecule has 1 aliphatic heterocycles. The number of allylic oxidation sites excluding steroid dienone is 2. The molecule has 3 atom stereocenters. The van der Waals surface area contributed by atoms with Crippen molar-refractivity contribution in [3.63, 3.8) is 0 Å². The van der Waals surface area contributed by atoms with Gasteiger partial charge in [0.1, 0.15) is 11.7 Å². The van der Waals surface area contributed by atoms with Crippen molar-refractivity contribution in [1.29, 1.82) is 0 Å². The highest BCUT2D eigenvalue weighted by Gasteiger charge is 2.45. The van der Waals surface area contributed by atoms with E-state index < -0.39 is 23.6 Å². The van der Waals surface area contributed by atoms with Crippen molar-refractivity contribution >= 4 is 17.7 Å². The molecule has 0 bridgehead atoms. The number of rotatable bonds is 3. The monoisotopic (exact) mass is 345 g/mol. The van der Waals surface area contributed by atoms with Crippen LogP contribution in [0.1, 0.15) is 38.2 Å². The topological polar surface area (TPSA) is 72.5 Å². The molecule has 1 aromatic carbocycles. The largest absolute Gasteiger partial charge is 0.465 e. The number of hydrogen-bond donors (Lipinski definition) is 1. The Bertz CT molecular complexity index is 770. The molecule has 0 aromatic heterocycles. The molecule has 1 amide bonds. The number of nitrogens with one attached hydrogen (secondary N) is 1. The summed E-state index contributed by atoms with van der Waals surface area (Å²) < 4.78 is 18.7. The number of benzene rings is 1. The fourth-order valence-corrected chi connectivity index (χ4v) is 3.71. The van der Waals surface area contributed by atoms with E-state index in [-0.39, 0.29) is 30.6 Å². The molecule has 0 fully saturated rings. The van der Waals surface area contributed by atoms with Gasteiger partial charge in [-0.2, -0.15) is 0 Å². The average Bonchev–Trinajstić information content (AvgIpc) is 2.53. The lowest BCUT2D eigenvalue weighted by Crippen LogP contribution is -2.44. The fourth-order valence-electron chi connectivity index (χ4n) is 3.71. The van der Waals surface area contributed by atoms with E-state index in [4.69, 9.17) is 4.74 Å². The first-order valence-corrected chi connectivity index (χ1v) is 8.41. The molecule has 1 heterocycles. The van der Waals surface area contributed by atoms with Crippen LogP contribution in [0.4, 0.5) is 4.39 Å². The maximum absolute atomic E-state index is 13.6. The lowest BCUT2D eigenvalue weighted by Gasteiger charge is -2.36. The highest BCUT2D eigenvalue weighted by molar-refractivity contribution is 6.11. The molecule has 5 nitrogen and oxygen atoms in total. The Kier molecular flexibility index (Phi) is 4.70. The second-order valence-corrected chi connectivity index (χ2v) is 6.53. The fraction of sp³-hybridized carbons (Fsp3) is 0.421. The first-order chi connectivity index (χ1) is 11.9. The van der Waals surface area contributed by atoms with Crippen LogP contribution in [0.15, 0.2) is 35.5 Å². The SMILES string of the molecule is CCOC(=O)C1C(=O)C2=C(CC1C)NC(=O)CC2c1cccc(F)c1. The van der Waals surface area contributed by atoms with Crippen LogP contribution < -0.4 is 5.32 Å². The van der Waals surface area contributed by atoms with Gasteiger partial charge in [0.2, 0.25) is 5.91 Å². The second kappa shape index (κ2) is 6.78. The minimum atomic E-state index is -0.884. The highest BCUT2D eigenvalue weighted by atomic mass is 19.1. The number of halogens is 1. The van der Waals surface area contributed by atoms with E-state index in [9.17, 15) is 18.8 Å². The quantitative estimate of drug-likeness (QED) is 0.675. The number of hydrogen-bond acceptors (Lipinski definition) is 4. The normalized spacial score (nSPS) is 26.1. The van der Waals surface area contributed by atoms with Crippen molar-refractivity contribution in [2.24, 2.45) is 11.8 Å². The predicted octanol–water partition coefficient (Wildman–Crippen LogP) is 2.47. The molecule has 3 unspecified atom stereocenters. The summed E-state index contributed by atoms with van der Waals surface area (Å²) in [5.74, 6) is -3.20. The summed E-state index contributed by atoms with van der Waals surface area (Å²) in [5.41, 5.74) is 1.51. The molecule has 0 radical (unpaired) electrons. The minimum Gasteiger partial charge on any atom is -0.465 e. The number of esters is 1. The maximum Gasteiger partial charge on any atom is 0.317 e. The molecule has 2 aliphatic rings. The Morgan fingerprint density at radius 1 is 1.32 bits per heavy atom. The average molecular weight is 345 g/mol. The van der Waals surface area contributed by atoms with Crippen molar-refractivity contribution in [1.82, 2.24) is 5.32 Å². The zero-order chi connectivity index (χ0) is 18.1. The number of ether oxygens (including phenoxy) is 1. The van der Waals surface area contributed by atoms with Crippen LogP contribution in [0.3, 0.4) is 0 Å². The zero-order valence-corrected chi connectivity index (χ0v) is 14.2. The summed E-state index contributed by atoms with van der Waals surface area (Å²) in [6, 6.07) is 5.89. The molecule has 1 aromatic rings. The van der Waals surface area contributed by atoms with Gasteiger partial charge in [-0.25, -0.2) is 4.39 Å². The molecule has 1 aliphatic carbocycles. The lowest BCUT2D eigenvalue weighted by atomic mass is 9.70. The summed E-state index contributed by atoms with van der Waals surface area (Å²) in [7, 11) is 0. The molecule has 0 saturated heterocycles. The first kappa shape index (κ1) is 17.3. The smallest absolute Gasteiger partial charge is 0.317 e. The Balaban J connectivity index is 2.04. The summed E-state index contributed by atoms with van der Waals surface area (Å²) >= 11 is 0. The summed E-state index contributed by atoms with van der Waals surface area (Å²) in [6.45, 7) is 3.68. The van der Waals surface area contributed by atoms with E-state index in [1.807, 2.05) is 0 Å². The summed E-state index contributed by atoms with van der Waals surface area (Å²) in [6.07, 6.45) is 0.458. The summed E-state index contributed by atoms with van der Waals surface area (Å²) in [5, 5.41) is 2.76. The van der Waals surface area contributed by atoms with Gasteiger partial charge in [-0.15, -0.1) is 0 Å². The van der Waals surface area contributed by atoms with Crippen molar-refractivity contribution in [3.05, 3.63) is 46.9 Å². The van der Waals surface area contributed by atoms with Gasteiger partial charge in [0.15, 0.2) is 5.78 Å². The number of carbonyl (C=O) groups is 3. The number of ketones is 1. The van der Waals surface area contributed by atoms with Gasteiger partial charge >= 0.3 is 5.97 Å². The minimum absolute atomic E-state index is 0.0535. The van der Waals surface area contributed by atoms with E-state index >= 15 is 0 Å². The standard InChI is InChI=1S/C19H20FNO4/c1-3-25-19(24)16-10(2)7-14-17(18(16)23)13(9-15(22)21-14)11-5-4-6-12(20)8-11/h4-6,8,10,13,16H,3,7,9H2,1-2H3,(H,21,22). The number of carbonyl (C=O) groups excluding carboxylic acids is 3. The van der Waals surface area contributed by atoms with Gasteiger partial charge in [0, 0.05) is 23.6 Å². The van der Waals surface area contributed by atoms with E-state index in [1.165, 1.54) is 12.1 Å². The van der Waals surface area contributed by atoms with Gasteiger partial charge < -0.3 is 10.1 Å². The molecular weight excluding hydrogens is 325 g/mol. The molecule has 1 N–H and O–H groups in total. The van der Waals surface area contributed by atoms with E-state index in [2.05, 4.69) is 5.32 Å². The first-order valence-electron chi connectivity index (χ1n) is 8.41. The Hall–Kier alpha value is -2.50. The van der Waals surface area contributed by atoms with Gasteiger partial charge in [-0.3, -0.25) is 14.4 Å². The third-order valence-electron chi connectivity index (χ3n) is 4.79. The number of amides is 1. The molecule has 6 heteroatoms. The number of Topliss-reactive ketones (excluding diaryl/α,β-unsaturated/α-hetero) is 1. The van der Waals surface area contributed by atoms with Crippen LogP contribution in [0.2, 0.25) is 0 Å². The van der Waals surface area contributed by atoms with Crippen molar-refractivity contribution in [3.8, 4) is 0 Å². The Morgan fingerprint density at radius 3 is 2.76 bits per heavy atom. The molecule has 25 heavy (non-hydrogen) atoms. The van der Waals surface area contributed by atoms with Crippen LogP contribution in [0, 0.1) is 17.7 Å². The van der Waals surface area contributed by atoms with Crippen LogP contribution in [0.25, 0.3) is 0 Å². The third-order valence-corrected chi connectivity index (χ3v) is 4.79. The van der Waals surface area contributed by atoms with E-state index in [0.717, 1.165) is 0 Å². The van der Waals surface area contributed by atoms with Crippen molar-refractivity contribution in [2.45, 2.75) is 32.6 Å². The summed E-state index contributed by atoms with van der Waals surface area (Å²) in [4.78, 5) is 37.4. The lowest BCUT2D eigenvalue weighted by molar-refractivity contribution is -0.153. The van der Waals surface area contributed by atoms with Gasteiger partial charge in [-0.1, -0.05) is 19.1 Å². The predicted molar refractivity (Wildman–Crippen MR) is 87.8 cm³/mol. The van der Waals surface area contributed by atoms with Gasteiger partial charge in [0.05, 0.1) is 6.61 Å². The van der Waals surface area contributed by atoms with Crippen LogP contribution in [-0.4, -0.2) is 24.3 Å². The molecule has 3 rings (SSSR count). The van der Waals surface area contributed by atoms with Crippen LogP contribution in [-0.2, 0) is 19.1 Å². The molecular formula is C19H20FNO4. The Labute approximate surface area is 145 Å². The van der Waals surface area contributed by atoms with Crippen molar-refractivity contribution < 1.29 is 23.5 Å². The zero-order valence-electron chi connectivity index (χ0n) is 14.2. The third kappa shape index (κ3) is 3.21. The molecule has 0 spiro atoms. The second-order valence-electron chi connectivity index (χ2n) is 6.53. The van der Waals surface area contributed by atoms with Crippen LogP contribution >= 0.6 is 0 Å². The van der Waals surface area contributed by atoms with Crippen molar-refractivity contribution in [2.75, 3.05) is 6.61 Å². The van der Waals surface area contributed by atoms with E-state index in [0.29, 0.717) is 23.3 Å². The molecule has 0 saturated carbocycles. The Morgan fingerprint density at radius 2 is 2.08 bits per heavy atom. The van der Waals surface area contributed by atoms with Gasteiger partial charge in [0.25, 0.3) is 0 Å².